The van der Waals surface area contributed by atoms with Crippen LogP contribution in [-0.2, 0) is 52.7 Å². The van der Waals surface area contributed by atoms with E-state index in [1.165, 1.54) is 30.4 Å². The summed E-state index contributed by atoms with van der Waals surface area (Å²) in [7, 11) is 0. The van der Waals surface area contributed by atoms with Crippen LogP contribution in [0.4, 0.5) is 11.9 Å². The summed E-state index contributed by atoms with van der Waals surface area (Å²) in [5.41, 5.74) is -8.64. The lowest BCUT2D eigenvalue weighted by Gasteiger charge is -2.54. The molecule has 0 radical (unpaired) electrons. The lowest BCUT2D eigenvalue weighted by atomic mass is 9.86. The van der Waals surface area contributed by atoms with Crippen LogP contribution in [0.25, 0.3) is 0 Å². The Hall–Kier alpha value is -11.1. The number of aromatic nitrogens is 6. The van der Waals surface area contributed by atoms with Crippen LogP contribution >= 0.6 is 0 Å². The Morgan fingerprint density at radius 3 is 0.800 bits per heavy atom. The lowest BCUT2D eigenvalue weighted by molar-refractivity contribution is -0.168. The first-order valence-corrected chi connectivity index (χ1v) is 45.9. The SMILES string of the molecule is C=CC(=O)N1C(C)(C)CN(CCOC(=O)c2ccccc2)C(=O)C1(C)C.C=CC(=O)N1C(C)(C)CN(CCOc2nc(OCCN3CC(C)(C)N(C(=O)C=C)C(C)(C)C3=O)nc(N(CCCCCCN(c3nc(OCCN4CC(C)(C)N(C(=O)C=C)C(C)(C)C4=O)nc(OCCN4CC(C)(C)N(C(=O)C=C)C(C)(C)C4=O)n3)C3CCCCC3)C3CCCCC3)n2)C(=O)C1(C)C. The van der Waals surface area contributed by atoms with E-state index in [-0.39, 0.29) is 187 Å². The fraction of sp³-hybridized carbons (Fsp3) is 0.656. The van der Waals surface area contributed by atoms with E-state index in [0.29, 0.717) is 37.1 Å². The van der Waals surface area contributed by atoms with Crippen LogP contribution in [0.2, 0.25) is 0 Å². The second-order valence-electron chi connectivity index (χ2n) is 40.6. The molecule has 7 fully saturated rings. The standard InChI is InChI=1S/C76H118N16O12.C20H26N2O4/c1-21-55(93)89-69(5,6)49-83(59(97)73(89,13)14)41-45-101-65-77-63(78-66(81-65)102-46-42-84-50-70(7,8)90(56(94)22-2)74(15,16)60(84)98)87(53-35-29-27-30-36-53)39-33-25-26-34-40-88(54-37-31-28-32-38-54)64-79-67(103-47-43-85-51-71(9,10)91(57(95)23-3)75(17,18)61(85)99)82-68(80-64)104-48-44-86-52-72(11,12)92(58(96)24-4)76(19,20)62(86)100;1-6-16(23)22-19(2,3)14-21(18(25)20(22,4)5)12-13-26-17(24)15-10-8-7-9-11-15/h21-24,53-54H,1-4,25-52H2,5-20H3;6-11H,1,12-14H2,2-5H3. The zero-order valence-electron chi connectivity index (χ0n) is 81.0. The molecule has 5 aliphatic heterocycles. The first-order valence-electron chi connectivity index (χ1n) is 45.9. The van der Waals surface area contributed by atoms with E-state index in [9.17, 15) is 52.7 Å². The molecule has 0 N–H and O–H groups in total. The minimum Gasteiger partial charge on any atom is -0.461 e. The highest BCUT2D eigenvalue weighted by Gasteiger charge is 2.57. The number of hydrogen-bond donors (Lipinski definition) is 0. The smallest absolute Gasteiger partial charge is 0.338 e. The summed E-state index contributed by atoms with van der Waals surface area (Å²) in [6, 6.07) is 8.96. The van der Waals surface area contributed by atoms with Gasteiger partial charge in [-0.25, -0.2) is 4.79 Å². The van der Waals surface area contributed by atoms with Crippen LogP contribution in [-0.4, -0.2) is 323 Å². The number of esters is 1. The maximum absolute atomic E-state index is 14.1. The number of rotatable bonds is 36. The Morgan fingerprint density at radius 1 is 0.338 bits per heavy atom. The second-order valence-corrected chi connectivity index (χ2v) is 40.6. The molecule has 7 aliphatic rings. The Balaban J connectivity index is 0.000000625. The minimum atomic E-state index is -1.16. The van der Waals surface area contributed by atoms with Crippen LogP contribution in [0.15, 0.2) is 93.6 Å². The van der Waals surface area contributed by atoms with Gasteiger partial charge in [0.2, 0.25) is 71.0 Å². The number of ether oxygens (including phenoxy) is 5. The van der Waals surface area contributed by atoms with Gasteiger partial charge in [-0.2, -0.15) is 19.9 Å². The zero-order valence-corrected chi connectivity index (χ0v) is 81.0. The molecule has 2 aromatic heterocycles. The van der Waals surface area contributed by atoms with Crippen molar-refractivity contribution in [2.45, 2.75) is 296 Å². The van der Waals surface area contributed by atoms with Gasteiger partial charge in [0.05, 0.1) is 66.0 Å². The van der Waals surface area contributed by atoms with Crippen molar-refractivity contribution in [2.24, 2.45) is 0 Å². The van der Waals surface area contributed by atoms with Crippen molar-refractivity contribution in [2.75, 3.05) is 121 Å². The van der Waals surface area contributed by atoms with Gasteiger partial charge in [-0.3, -0.25) is 47.9 Å². The highest BCUT2D eigenvalue weighted by atomic mass is 16.5. The number of amides is 10. The number of piperazine rings is 5. The normalized spacial score (nSPS) is 20.7. The van der Waals surface area contributed by atoms with Gasteiger partial charge in [0.15, 0.2) is 0 Å². The van der Waals surface area contributed by atoms with Gasteiger partial charge in [0.25, 0.3) is 0 Å². The van der Waals surface area contributed by atoms with Crippen molar-refractivity contribution in [1.29, 1.82) is 0 Å². The molecule has 5 saturated heterocycles. The van der Waals surface area contributed by atoms with E-state index < -0.39 is 61.4 Å². The maximum atomic E-state index is 14.1. The fourth-order valence-corrected chi connectivity index (χ4v) is 21.1. The number of hydrogen-bond acceptors (Lipinski definition) is 24. The summed E-state index contributed by atoms with van der Waals surface area (Å²) in [5.74, 6) is -2.36. The minimum absolute atomic E-state index is 0.00942. The second kappa shape index (κ2) is 41.6. The van der Waals surface area contributed by atoms with Crippen molar-refractivity contribution >= 4 is 76.9 Å². The number of unbranched alkanes of at least 4 members (excludes halogenated alkanes) is 3. The average Bonchev–Trinajstić information content (AvgIpc) is 0.764. The third-order valence-corrected chi connectivity index (χ3v) is 26.0. The van der Waals surface area contributed by atoms with Gasteiger partial charge in [0.1, 0.15) is 60.7 Å². The lowest BCUT2D eigenvalue weighted by Crippen LogP contribution is -2.72. The molecule has 0 atom stereocenters. The molecule has 0 bridgehead atoms. The van der Waals surface area contributed by atoms with E-state index in [0.717, 1.165) is 89.9 Å². The molecule has 0 spiro atoms. The summed E-state index contributed by atoms with van der Waals surface area (Å²) in [6.45, 7) is 58.6. The highest BCUT2D eigenvalue weighted by molar-refractivity contribution is 6.00. The Morgan fingerprint density at radius 2 is 0.569 bits per heavy atom. The van der Waals surface area contributed by atoms with E-state index in [2.05, 4.69) is 52.7 Å². The predicted molar refractivity (Wildman–Crippen MR) is 494 cm³/mol. The molecule has 10 rings (SSSR count). The molecule has 34 heteroatoms. The number of carbonyl (C=O) groups excluding carboxylic acids is 11. The van der Waals surface area contributed by atoms with Gasteiger partial charge >= 0.3 is 30.0 Å². The summed E-state index contributed by atoms with van der Waals surface area (Å²) in [5, 5.41) is 0. The molecular weight excluding hydrogens is 1660 g/mol. The molecule has 714 valence electrons. The van der Waals surface area contributed by atoms with Crippen molar-refractivity contribution in [3.63, 3.8) is 0 Å². The topological polar surface area (TPSA) is 350 Å². The molecule has 2 saturated carbocycles. The van der Waals surface area contributed by atoms with Gasteiger partial charge < -0.3 is 82.5 Å². The van der Waals surface area contributed by atoms with Crippen molar-refractivity contribution in [3.05, 3.63) is 99.2 Å². The van der Waals surface area contributed by atoms with Crippen molar-refractivity contribution in [1.82, 2.24) is 78.9 Å². The molecule has 7 heterocycles. The number of carbonyl (C=O) groups is 11. The van der Waals surface area contributed by atoms with Gasteiger partial charge in [-0.1, -0.05) is 102 Å². The zero-order chi connectivity index (χ0) is 96.2. The third-order valence-electron chi connectivity index (χ3n) is 26.0. The molecular formula is C96H144N18O16. The van der Waals surface area contributed by atoms with Crippen LogP contribution in [0.3, 0.4) is 0 Å². The number of anilines is 2. The summed E-state index contributed by atoms with van der Waals surface area (Å²) in [6.07, 6.45) is 19.5. The molecule has 130 heavy (non-hydrogen) atoms. The largest absolute Gasteiger partial charge is 0.461 e. The highest BCUT2D eigenvalue weighted by Crippen LogP contribution is 2.41. The summed E-state index contributed by atoms with van der Waals surface area (Å²) >= 11 is 0. The Labute approximate surface area is 768 Å². The maximum Gasteiger partial charge on any atom is 0.338 e. The Kier molecular flexibility index (Phi) is 32.8. The summed E-state index contributed by atoms with van der Waals surface area (Å²) < 4.78 is 30.9. The Bertz CT molecular complexity index is 4250. The predicted octanol–water partition coefficient (Wildman–Crippen LogP) is 10.0. The average molecular weight is 1810 g/mol. The van der Waals surface area contributed by atoms with Gasteiger partial charge in [0, 0.05) is 57.9 Å². The number of nitrogens with zero attached hydrogens (tertiary/aromatic N) is 18. The fourth-order valence-electron chi connectivity index (χ4n) is 21.1. The van der Waals surface area contributed by atoms with E-state index in [4.69, 9.17) is 43.6 Å². The molecule has 3 aromatic rings. The molecule has 34 nitrogen and oxygen atoms in total. The molecule has 2 aliphatic carbocycles. The molecule has 1 aromatic carbocycles. The quantitative estimate of drug-likeness (QED) is 0.0297. The van der Waals surface area contributed by atoms with Gasteiger partial charge in [-0.05, 0) is 220 Å². The number of benzene rings is 1. The van der Waals surface area contributed by atoms with E-state index in [1.54, 1.807) is 143 Å². The van der Waals surface area contributed by atoms with Crippen LogP contribution < -0.4 is 28.7 Å². The third kappa shape index (κ3) is 23.1. The van der Waals surface area contributed by atoms with Crippen LogP contribution in [0.5, 0.6) is 24.0 Å². The molecule has 0 unspecified atom stereocenters. The first kappa shape index (κ1) is 103. The van der Waals surface area contributed by atoms with Crippen molar-refractivity contribution < 1.29 is 76.4 Å². The van der Waals surface area contributed by atoms with Crippen molar-refractivity contribution in [3.8, 4) is 24.0 Å². The van der Waals surface area contributed by atoms with Crippen LogP contribution in [0, 0.1) is 0 Å². The van der Waals surface area contributed by atoms with Crippen LogP contribution in [0.1, 0.15) is 239 Å². The van der Waals surface area contributed by atoms with Gasteiger partial charge in [-0.15, -0.1) is 9.97 Å². The molecule has 10 amide bonds. The van der Waals surface area contributed by atoms with E-state index >= 15 is 0 Å². The monoisotopic (exact) mass is 1810 g/mol. The summed E-state index contributed by atoms with van der Waals surface area (Å²) in [4.78, 5) is 196. The first-order chi connectivity index (χ1) is 60.8. The van der Waals surface area contributed by atoms with E-state index in [1.807, 2.05) is 75.3 Å².